The van der Waals surface area contributed by atoms with Gasteiger partial charge in [0.15, 0.2) is 0 Å². The average molecular weight is 310 g/mol. The van der Waals surface area contributed by atoms with Crippen LogP contribution in [0.3, 0.4) is 0 Å². The number of thiophene rings is 1. The van der Waals surface area contributed by atoms with Crippen LogP contribution in [0.1, 0.15) is 35.4 Å². The molecule has 0 aliphatic heterocycles. The van der Waals surface area contributed by atoms with E-state index in [0.717, 1.165) is 18.7 Å². The van der Waals surface area contributed by atoms with Gasteiger partial charge in [0.05, 0.1) is 0 Å². The maximum atomic E-state index is 12.6. The summed E-state index contributed by atoms with van der Waals surface area (Å²) >= 11 is 1.71. The third-order valence-electron chi connectivity index (χ3n) is 3.58. The molecule has 0 aliphatic rings. The molecule has 2 N–H and O–H groups in total. The Bertz CT molecular complexity index is 526. The number of hydrogen-bond donors (Lipinski definition) is 1. The van der Waals surface area contributed by atoms with Crippen LogP contribution in [0.25, 0.3) is 0 Å². The third-order valence-corrected chi connectivity index (χ3v) is 4.44. The molecule has 0 radical (unpaired) electrons. The Morgan fingerprint density at radius 2 is 1.81 bits per heavy atom. The Morgan fingerprint density at radius 1 is 1.14 bits per heavy atom. The zero-order valence-corrected chi connectivity index (χ0v) is 12.8. The highest BCUT2D eigenvalue weighted by atomic mass is 32.1. The normalized spacial score (nSPS) is 13.0. The number of alkyl halides is 2. The highest BCUT2D eigenvalue weighted by molar-refractivity contribution is 7.09. The molecular formula is C16H20F2N2S. The van der Waals surface area contributed by atoms with E-state index in [1.54, 1.807) is 23.5 Å². The van der Waals surface area contributed by atoms with Crippen molar-refractivity contribution in [3.05, 3.63) is 57.8 Å². The van der Waals surface area contributed by atoms with E-state index in [2.05, 4.69) is 23.3 Å². The molecule has 2 rings (SSSR count). The van der Waals surface area contributed by atoms with Gasteiger partial charge < -0.3 is 5.73 Å². The molecule has 1 unspecified atom stereocenters. The van der Waals surface area contributed by atoms with E-state index in [-0.39, 0.29) is 11.6 Å². The molecule has 21 heavy (non-hydrogen) atoms. The standard InChI is InChI=1S/C16H20F2N2S/c1-2-20(11-14-4-3-9-21-14)15(10-19)12-5-7-13(8-6-12)16(17)18/h3-9,15-16H,2,10-11,19H2,1H3. The van der Waals surface area contributed by atoms with Crippen LogP contribution in [-0.2, 0) is 6.54 Å². The number of benzene rings is 1. The molecule has 0 fully saturated rings. The van der Waals surface area contributed by atoms with Crippen LogP contribution in [-0.4, -0.2) is 18.0 Å². The van der Waals surface area contributed by atoms with Gasteiger partial charge in [0.25, 0.3) is 6.43 Å². The molecule has 0 bridgehead atoms. The fourth-order valence-corrected chi connectivity index (χ4v) is 3.13. The number of likely N-dealkylation sites (N-methyl/N-ethyl adjacent to an activating group) is 1. The van der Waals surface area contributed by atoms with E-state index in [9.17, 15) is 8.78 Å². The highest BCUT2D eigenvalue weighted by Crippen LogP contribution is 2.26. The van der Waals surface area contributed by atoms with Gasteiger partial charge in [-0.3, -0.25) is 4.90 Å². The van der Waals surface area contributed by atoms with Gasteiger partial charge in [-0.1, -0.05) is 37.3 Å². The Kier molecular flexibility index (Phi) is 5.85. The Labute approximate surface area is 128 Å². The second-order valence-corrected chi connectivity index (χ2v) is 5.89. The van der Waals surface area contributed by atoms with Crippen molar-refractivity contribution < 1.29 is 8.78 Å². The summed E-state index contributed by atoms with van der Waals surface area (Å²) in [6, 6.07) is 10.7. The molecule has 114 valence electrons. The van der Waals surface area contributed by atoms with Crippen molar-refractivity contribution in [2.24, 2.45) is 5.73 Å². The maximum absolute atomic E-state index is 12.6. The third kappa shape index (κ3) is 4.09. The quantitative estimate of drug-likeness (QED) is 0.830. The van der Waals surface area contributed by atoms with Crippen molar-refractivity contribution in [3.63, 3.8) is 0 Å². The summed E-state index contributed by atoms with van der Waals surface area (Å²) in [6.45, 7) is 4.24. The van der Waals surface area contributed by atoms with E-state index in [1.165, 1.54) is 17.0 Å². The number of nitrogens with zero attached hydrogens (tertiary/aromatic N) is 1. The zero-order valence-electron chi connectivity index (χ0n) is 12.0. The van der Waals surface area contributed by atoms with Gasteiger partial charge in [-0.25, -0.2) is 8.78 Å². The molecule has 2 aromatic rings. The molecule has 0 amide bonds. The number of rotatable bonds is 7. The summed E-state index contributed by atoms with van der Waals surface area (Å²) in [5.74, 6) is 0. The summed E-state index contributed by atoms with van der Waals surface area (Å²) in [6.07, 6.45) is -2.43. The van der Waals surface area contributed by atoms with Gasteiger partial charge in [-0.15, -0.1) is 11.3 Å². The molecule has 1 aromatic carbocycles. The molecule has 2 nitrogen and oxygen atoms in total. The molecular weight excluding hydrogens is 290 g/mol. The van der Waals surface area contributed by atoms with Crippen molar-refractivity contribution in [3.8, 4) is 0 Å². The molecule has 0 saturated carbocycles. The van der Waals surface area contributed by atoms with Crippen molar-refractivity contribution in [2.45, 2.75) is 25.9 Å². The van der Waals surface area contributed by atoms with Crippen LogP contribution in [0, 0.1) is 0 Å². The summed E-state index contributed by atoms with van der Waals surface area (Å²) in [5, 5.41) is 2.05. The Balaban J connectivity index is 2.16. The minimum absolute atomic E-state index is 0.0452. The molecule has 0 aliphatic carbocycles. The summed E-state index contributed by atoms with van der Waals surface area (Å²) in [5.41, 5.74) is 6.96. The molecule has 1 heterocycles. The topological polar surface area (TPSA) is 29.3 Å². The predicted molar refractivity (Wildman–Crippen MR) is 83.6 cm³/mol. The van der Waals surface area contributed by atoms with Crippen LogP contribution in [0.15, 0.2) is 41.8 Å². The van der Waals surface area contributed by atoms with Crippen LogP contribution in [0.2, 0.25) is 0 Å². The predicted octanol–water partition coefficient (Wildman–Crippen LogP) is 4.21. The van der Waals surface area contributed by atoms with Crippen molar-refractivity contribution in [1.29, 1.82) is 0 Å². The highest BCUT2D eigenvalue weighted by Gasteiger charge is 2.19. The van der Waals surface area contributed by atoms with E-state index in [0.29, 0.717) is 6.54 Å². The van der Waals surface area contributed by atoms with E-state index >= 15 is 0 Å². The second kappa shape index (κ2) is 7.64. The van der Waals surface area contributed by atoms with Gasteiger partial charge in [0.2, 0.25) is 0 Å². The molecule has 0 spiro atoms. The minimum atomic E-state index is -2.43. The summed E-state index contributed by atoms with van der Waals surface area (Å²) < 4.78 is 25.2. The van der Waals surface area contributed by atoms with E-state index < -0.39 is 6.43 Å². The first kappa shape index (κ1) is 16.1. The van der Waals surface area contributed by atoms with Gasteiger partial charge in [-0.2, -0.15) is 0 Å². The fraction of sp³-hybridized carbons (Fsp3) is 0.375. The number of hydrogen-bond acceptors (Lipinski definition) is 3. The first-order valence-electron chi connectivity index (χ1n) is 7.00. The van der Waals surface area contributed by atoms with Crippen LogP contribution < -0.4 is 5.73 Å². The molecule has 5 heteroatoms. The lowest BCUT2D eigenvalue weighted by Gasteiger charge is -2.30. The molecule has 0 saturated heterocycles. The number of halogens is 2. The maximum Gasteiger partial charge on any atom is 0.263 e. The van der Waals surface area contributed by atoms with Gasteiger partial charge in [-0.05, 0) is 23.6 Å². The molecule has 1 atom stereocenters. The zero-order chi connectivity index (χ0) is 15.2. The van der Waals surface area contributed by atoms with Crippen LogP contribution in [0.5, 0.6) is 0 Å². The molecule has 1 aromatic heterocycles. The van der Waals surface area contributed by atoms with Crippen molar-refractivity contribution >= 4 is 11.3 Å². The average Bonchev–Trinajstić information content (AvgIpc) is 3.00. The van der Waals surface area contributed by atoms with Gasteiger partial charge >= 0.3 is 0 Å². The van der Waals surface area contributed by atoms with Gasteiger partial charge in [0, 0.05) is 29.6 Å². The van der Waals surface area contributed by atoms with Crippen molar-refractivity contribution in [1.82, 2.24) is 4.90 Å². The van der Waals surface area contributed by atoms with E-state index in [1.807, 2.05) is 6.07 Å². The van der Waals surface area contributed by atoms with Crippen LogP contribution >= 0.6 is 11.3 Å². The smallest absolute Gasteiger partial charge is 0.263 e. The van der Waals surface area contributed by atoms with E-state index in [4.69, 9.17) is 5.73 Å². The lowest BCUT2D eigenvalue weighted by atomic mass is 10.0. The van der Waals surface area contributed by atoms with Gasteiger partial charge in [0.1, 0.15) is 0 Å². The first-order chi connectivity index (χ1) is 10.2. The lowest BCUT2D eigenvalue weighted by molar-refractivity contribution is 0.151. The largest absolute Gasteiger partial charge is 0.329 e. The first-order valence-corrected chi connectivity index (χ1v) is 7.88. The second-order valence-electron chi connectivity index (χ2n) is 4.86. The summed E-state index contributed by atoms with van der Waals surface area (Å²) in [7, 11) is 0. The van der Waals surface area contributed by atoms with Crippen LogP contribution in [0.4, 0.5) is 8.78 Å². The Hall–Kier alpha value is -1.30. The number of nitrogens with two attached hydrogens (primary N) is 1. The fourth-order valence-electron chi connectivity index (χ4n) is 2.40. The lowest BCUT2D eigenvalue weighted by Crippen LogP contribution is -2.33. The Morgan fingerprint density at radius 3 is 2.29 bits per heavy atom. The SMILES string of the molecule is CCN(Cc1cccs1)C(CN)c1ccc(C(F)F)cc1. The van der Waals surface area contributed by atoms with Crippen molar-refractivity contribution in [2.75, 3.05) is 13.1 Å². The minimum Gasteiger partial charge on any atom is -0.329 e. The summed E-state index contributed by atoms with van der Waals surface area (Å²) in [4.78, 5) is 3.54. The monoisotopic (exact) mass is 310 g/mol.